The monoisotopic (exact) mass is 276 g/mol. The number of carboxylic acid groups (broad SMARTS) is 1. The van der Waals surface area contributed by atoms with E-state index in [2.05, 4.69) is 10.3 Å². The van der Waals surface area contributed by atoms with Crippen molar-refractivity contribution in [2.45, 2.75) is 39.5 Å². The van der Waals surface area contributed by atoms with Crippen molar-refractivity contribution < 1.29 is 14.7 Å². The molecule has 1 aromatic heterocycles. The Balaban J connectivity index is 2.12. The number of carbonyl (C=O) groups excluding carboxylic acids is 1. The Labute approximate surface area is 118 Å². The van der Waals surface area contributed by atoms with Gasteiger partial charge in [-0.05, 0) is 38.8 Å². The Kier molecular flexibility index (Phi) is 4.37. The van der Waals surface area contributed by atoms with E-state index in [0.717, 1.165) is 24.2 Å². The summed E-state index contributed by atoms with van der Waals surface area (Å²) in [6.45, 7) is 3.72. The maximum atomic E-state index is 12.3. The number of aromatic nitrogens is 1. The summed E-state index contributed by atoms with van der Waals surface area (Å²) in [7, 11) is 0. The molecule has 2 atom stereocenters. The predicted octanol–water partition coefficient (Wildman–Crippen LogP) is 2.53. The van der Waals surface area contributed by atoms with E-state index in [0.29, 0.717) is 18.5 Å². The van der Waals surface area contributed by atoms with Crippen LogP contribution in [0.4, 0.5) is 5.69 Å². The summed E-state index contributed by atoms with van der Waals surface area (Å²) in [5.74, 6) is -2.08. The van der Waals surface area contributed by atoms with Crippen molar-refractivity contribution in [2.24, 2.45) is 11.8 Å². The molecule has 2 N–H and O–H groups in total. The highest BCUT2D eigenvalue weighted by atomic mass is 16.4. The SMILES string of the molecule is Cc1ccc(NC(=O)C2CCCCC2C(=O)O)c(C)n1. The number of nitrogens with one attached hydrogen (secondary N) is 1. The average Bonchev–Trinajstić information content (AvgIpc) is 2.41. The fraction of sp³-hybridized carbons (Fsp3) is 0.533. The minimum absolute atomic E-state index is 0.203. The van der Waals surface area contributed by atoms with E-state index in [9.17, 15) is 14.7 Å². The summed E-state index contributed by atoms with van der Waals surface area (Å²) in [6, 6.07) is 3.65. The molecule has 1 aliphatic carbocycles. The Morgan fingerprint density at radius 2 is 1.85 bits per heavy atom. The van der Waals surface area contributed by atoms with Crippen molar-refractivity contribution in [1.82, 2.24) is 4.98 Å². The number of amides is 1. The van der Waals surface area contributed by atoms with Crippen LogP contribution in [0.3, 0.4) is 0 Å². The van der Waals surface area contributed by atoms with Gasteiger partial charge in [0.2, 0.25) is 5.91 Å². The maximum Gasteiger partial charge on any atom is 0.307 e. The lowest BCUT2D eigenvalue weighted by molar-refractivity contribution is -0.147. The van der Waals surface area contributed by atoms with Crippen LogP contribution in [0.25, 0.3) is 0 Å². The van der Waals surface area contributed by atoms with Crippen molar-refractivity contribution in [1.29, 1.82) is 0 Å². The molecule has 1 heterocycles. The highest BCUT2D eigenvalue weighted by molar-refractivity contribution is 5.95. The molecule has 0 aromatic carbocycles. The second-order valence-corrected chi connectivity index (χ2v) is 5.41. The van der Waals surface area contributed by atoms with E-state index in [1.54, 1.807) is 0 Å². The van der Waals surface area contributed by atoms with Gasteiger partial charge in [0, 0.05) is 5.69 Å². The van der Waals surface area contributed by atoms with Crippen molar-refractivity contribution in [3.63, 3.8) is 0 Å². The van der Waals surface area contributed by atoms with Gasteiger partial charge in [0.05, 0.1) is 23.2 Å². The molecule has 1 aromatic rings. The van der Waals surface area contributed by atoms with Crippen LogP contribution in [0.2, 0.25) is 0 Å². The first-order valence-electron chi connectivity index (χ1n) is 6.97. The molecule has 2 rings (SSSR count). The summed E-state index contributed by atoms with van der Waals surface area (Å²) in [6.07, 6.45) is 3.01. The van der Waals surface area contributed by atoms with Gasteiger partial charge in [0.25, 0.3) is 0 Å². The number of pyridine rings is 1. The van der Waals surface area contributed by atoms with Gasteiger partial charge >= 0.3 is 5.97 Å². The van der Waals surface area contributed by atoms with Crippen LogP contribution in [0.15, 0.2) is 12.1 Å². The predicted molar refractivity (Wildman–Crippen MR) is 75.4 cm³/mol. The zero-order valence-electron chi connectivity index (χ0n) is 11.8. The van der Waals surface area contributed by atoms with Gasteiger partial charge in [-0.1, -0.05) is 12.8 Å². The van der Waals surface area contributed by atoms with E-state index in [4.69, 9.17) is 0 Å². The largest absolute Gasteiger partial charge is 0.481 e. The third-order valence-corrected chi connectivity index (χ3v) is 3.90. The molecule has 20 heavy (non-hydrogen) atoms. The lowest BCUT2D eigenvalue weighted by atomic mass is 9.78. The van der Waals surface area contributed by atoms with Gasteiger partial charge in [0.15, 0.2) is 0 Å². The van der Waals surface area contributed by atoms with Crippen molar-refractivity contribution in [3.05, 3.63) is 23.5 Å². The normalized spacial score (nSPS) is 22.3. The molecule has 5 heteroatoms. The van der Waals surface area contributed by atoms with E-state index in [-0.39, 0.29) is 5.91 Å². The lowest BCUT2D eigenvalue weighted by Crippen LogP contribution is -2.36. The molecule has 0 aliphatic heterocycles. The number of hydrogen-bond donors (Lipinski definition) is 2. The van der Waals surface area contributed by atoms with Crippen LogP contribution in [-0.2, 0) is 9.59 Å². The number of hydrogen-bond acceptors (Lipinski definition) is 3. The van der Waals surface area contributed by atoms with Crippen LogP contribution in [0, 0.1) is 25.7 Å². The number of aryl methyl sites for hydroxylation is 2. The van der Waals surface area contributed by atoms with Gasteiger partial charge in [-0.15, -0.1) is 0 Å². The summed E-state index contributed by atoms with van der Waals surface area (Å²) in [4.78, 5) is 27.9. The minimum atomic E-state index is -0.872. The molecule has 0 saturated heterocycles. The molecule has 108 valence electrons. The Morgan fingerprint density at radius 1 is 1.20 bits per heavy atom. The van der Waals surface area contributed by atoms with Crippen molar-refractivity contribution >= 4 is 17.6 Å². The summed E-state index contributed by atoms with van der Waals surface area (Å²) in [5.41, 5.74) is 2.30. The van der Waals surface area contributed by atoms with E-state index in [1.807, 2.05) is 26.0 Å². The second kappa shape index (κ2) is 6.03. The summed E-state index contributed by atoms with van der Waals surface area (Å²) in [5, 5.41) is 12.0. The van der Waals surface area contributed by atoms with Crippen LogP contribution in [0.5, 0.6) is 0 Å². The molecule has 0 spiro atoms. The van der Waals surface area contributed by atoms with Crippen LogP contribution < -0.4 is 5.32 Å². The average molecular weight is 276 g/mol. The molecular formula is C15H20N2O3. The summed E-state index contributed by atoms with van der Waals surface area (Å²) < 4.78 is 0. The summed E-state index contributed by atoms with van der Waals surface area (Å²) >= 11 is 0. The molecule has 5 nitrogen and oxygen atoms in total. The number of nitrogens with zero attached hydrogens (tertiary/aromatic N) is 1. The number of anilines is 1. The third kappa shape index (κ3) is 3.15. The fourth-order valence-corrected chi connectivity index (χ4v) is 2.78. The topological polar surface area (TPSA) is 79.3 Å². The van der Waals surface area contributed by atoms with Crippen LogP contribution >= 0.6 is 0 Å². The first-order chi connectivity index (χ1) is 9.49. The lowest BCUT2D eigenvalue weighted by Gasteiger charge is -2.27. The van der Waals surface area contributed by atoms with E-state index >= 15 is 0 Å². The number of carboxylic acids is 1. The van der Waals surface area contributed by atoms with Gasteiger partial charge in [-0.3, -0.25) is 14.6 Å². The first-order valence-corrected chi connectivity index (χ1v) is 6.97. The number of rotatable bonds is 3. The Bertz CT molecular complexity index is 528. The van der Waals surface area contributed by atoms with Gasteiger partial charge < -0.3 is 10.4 Å². The molecule has 2 unspecified atom stereocenters. The first kappa shape index (κ1) is 14.5. The number of carbonyl (C=O) groups is 2. The van der Waals surface area contributed by atoms with Gasteiger partial charge in [-0.2, -0.15) is 0 Å². The molecule has 0 radical (unpaired) electrons. The highest BCUT2D eigenvalue weighted by Gasteiger charge is 2.35. The van der Waals surface area contributed by atoms with Crippen LogP contribution in [-0.4, -0.2) is 22.0 Å². The number of aliphatic carboxylic acids is 1. The molecule has 1 saturated carbocycles. The minimum Gasteiger partial charge on any atom is -0.481 e. The van der Waals surface area contributed by atoms with Gasteiger partial charge in [-0.25, -0.2) is 0 Å². The molecular weight excluding hydrogens is 256 g/mol. The molecule has 1 aliphatic rings. The van der Waals surface area contributed by atoms with Crippen LogP contribution in [0.1, 0.15) is 37.1 Å². The maximum absolute atomic E-state index is 12.3. The molecule has 1 amide bonds. The van der Waals surface area contributed by atoms with Crippen molar-refractivity contribution in [3.8, 4) is 0 Å². The Morgan fingerprint density at radius 3 is 2.45 bits per heavy atom. The molecule has 1 fully saturated rings. The fourth-order valence-electron chi connectivity index (χ4n) is 2.78. The second-order valence-electron chi connectivity index (χ2n) is 5.41. The van der Waals surface area contributed by atoms with Crippen molar-refractivity contribution in [2.75, 3.05) is 5.32 Å². The molecule has 0 bridgehead atoms. The highest BCUT2D eigenvalue weighted by Crippen LogP contribution is 2.31. The Hall–Kier alpha value is -1.91. The van der Waals surface area contributed by atoms with Gasteiger partial charge in [0.1, 0.15) is 0 Å². The standard InChI is InChI=1S/C15H20N2O3/c1-9-7-8-13(10(2)16-9)17-14(18)11-5-3-4-6-12(11)15(19)20/h7-8,11-12H,3-6H2,1-2H3,(H,17,18)(H,19,20). The third-order valence-electron chi connectivity index (χ3n) is 3.90. The quantitative estimate of drug-likeness (QED) is 0.889. The zero-order chi connectivity index (χ0) is 14.7. The smallest absolute Gasteiger partial charge is 0.307 e. The van der Waals surface area contributed by atoms with E-state index < -0.39 is 17.8 Å². The zero-order valence-corrected chi connectivity index (χ0v) is 11.8. The van der Waals surface area contributed by atoms with E-state index in [1.165, 1.54) is 0 Å².